The number of aromatic nitrogens is 3. The molecule has 1 saturated heterocycles. The van der Waals surface area contributed by atoms with Gasteiger partial charge in [-0.15, -0.1) is 10.2 Å². The van der Waals surface area contributed by atoms with Gasteiger partial charge in [-0.2, -0.15) is 0 Å². The van der Waals surface area contributed by atoms with Gasteiger partial charge in [-0.05, 0) is 18.4 Å². The van der Waals surface area contributed by atoms with E-state index >= 15 is 0 Å². The molecule has 6 heteroatoms. The summed E-state index contributed by atoms with van der Waals surface area (Å²) >= 11 is 0. The van der Waals surface area contributed by atoms with Crippen LogP contribution < -0.4 is 5.32 Å². The summed E-state index contributed by atoms with van der Waals surface area (Å²) in [7, 11) is 1.87. The van der Waals surface area contributed by atoms with Crippen LogP contribution in [0.3, 0.4) is 0 Å². The average molecular weight is 299 g/mol. The van der Waals surface area contributed by atoms with Crippen LogP contribution in [0.5, 0.6) is 0 Å². The van der Waals surface area contributed by atoms with Crippen molar-refractivity contribution in [3.63, 3.8) is 0 Å². The van der Waals surface area contributed by atoms with Gasteiger partial charge < -0.3 is 14.8 Å². The number of hydrogen-bond acceptors (Lipinski definition) is 3. The van der Waals surface area contributed by atoms with Crippen molar-refractivity contribution in [3.05, 3.63) is 48.0 Å². The molecule has 1 aromatic carbocycles. The molecule has 2 aromatic rings. The first-order valence-corrected chi connectivity index (χ1v) is 7.54. The van der Waals surface area contributed by atoms with Crippen LogP contribution in [-0.2, 0) is 7.05 Å². The van der Waals surface area contributed by atoms with E-state index < -0.39 is 0 Å². The van der Waals surface area contributed by atoms with Crippen LogP contribution in [0.4, 0.5) is 4.79 Å². The lowest BCUT2D eigenvalue weighted by atomic mass is 9.85. The molecule has 0 spiro atoms. The number of hydrogen-bond donors (Lipinski definition) is 1. The fraction of sp³-hybridized carbons (Fsp3) is 0.438. The van der Waals surface area contributed by atoms with Gasteiger partial charge in [-0.25, -0.2) is 4.79 Å². The molecule has 0 bridgehead atoms. The molecule has 1 aliphatic heterocycles. The van der Waals surface area contributed by atoms with Gasteiger partial charge in [0, 0.05) is 13.6 Å². The molecule has 1 fully saturated rings. The van der Waals surface area contributed by atoms with E-state index in [2.05, 4.69) is 34.6 Å². The summed E-state index contributed by atoms with van der Waals surface area (Å²) in [6, 6.07) is 10.1. The molecule has 0 unspecified atom stereocenters. The summed E-state index contributed by atoms with van der Waals surface area (Å²) in [5.74, 6) is 1.22. The zero-order chi connectivity index (χ0) is 15.7. The third-order valence-electron chi connectivity index (χ3n) is 4.24. The maximum atomic E-state index is 12.5. The number of urea groups is 1. The van der Waals surface area contributed by atoms with Crippen molar-refractivity contribution in [3.8, 4) is 0 Å². The zero-order valence-electron chi connectivity index (χ0n) is 13.1. The van der Waals surface area contributed by atoms with Crippen LogP contribution >= 0.6 is 0 Å². The third kappa shape index (κ3) is 2.56. The van der Waals surface area contributed by atoms with Crippen LogP contribution in [0.25, 0.3) is 0 Å². The average Bonchev–Trinajstić information content (AvgIpc) is 2.91. The minimum Gasteiger partial charge on any atom is -0.328 e. The molecule has 1 N–H and O–H groups in total. The largest absolute Gasteiger partial charge is 0.328 e. The van der Waals surface area contributed by atoms with Crippen LogP contribution in [0.1, 0.15) is 37.3 Å². The molecule has 1 aliphatic rings. The minimum atomic E-state index is -0.174. The van der Waals surface area contributed by atoms with Crippen LogP contribution in [0, 0.1) is 5.92 Å². The highest BCUT2D eigenvalue weighted by molar-refractivity contribution is 5.76. The van der Waals surface area contributed by atoms with Gasteiger partial charge >= 0.3 is 6.03 Å². The molecule has 3 rings (SSSR count). The van der Waals surface area contributed by atoms with Gasteiger partial charge in [0.15, 0.2) is 5.82 Å². The Labute approximate surface area is 130 Å². The molecule has 6 nitrogen and oxygen atoms in total. The zero-order valence-corrected chi connectivity index (χ0v) is 13.1. The fourth-order valence-corrected chi connectivity index (χ4v) is 3.08. The lowest BCUT2D eigenvalue weighted by molar-refractivity contribution is 0.0577. The first-order valence-electron chi connectivity index (χ1n) is 7.54. The Morgan fingerprint density at radius 2 is 2.09 bits per heavy atom. The summed E-state index contributed by atoms with van der Waals surface area (Å²) in [4.78, 5) is 14.4. The Balaban J connectivity index is 1.69. The van der Waals surface area contributed by atoms with E-state index in [1.54, 1.807) is 6.33 Å². The highest BCUT2D eigenvalue weighted by atomic mass is 16.2. The topological polar surface area (TPSA) is 63.1 Å². The molecule has 0 aliphatic carbocycles. The summed E-state index contributed by atoms with van der Waals surface area (Å²) in [5, 5.41) is 10.9. The number of rotatable bonds is 3. The Morgan fingerprint density at radius 1 is 1.36 bits per heavy atom. The highest BCUT2D eigenvalue weighted by Gasteiger charge is 2.40. The summed E-state index contributed by atoms with van der Waals surface area (Å²) < 4.78 is 1.82. The number of aryl methyl sites for hydroxylation is 1. The second-order valence-corrected chi connectivity index (χ2v) is 5.96. The number of likely N-dealkylation sites (tertiary alicyclic amines) is 1. The van der Waals surface area contributed by atoms with E-state index in [9.17, 15) is 4.79 Å². The Morgan fingerprint density at radius 3 is 2.68 bits per heavy atom. The van der Waals surface area contributed by atoms with Gasteiger partial charge in [0.05, 0.1) is 12.1 Å². The second-order valence-electron chi connectivity index (χ2n) is 5.96. The van der Waals surface area contributed by atoms with Crippen molar-refractivity contribution in [2.75, 3.05) is 6.54 Å². The van der Waals surface area contributed by atoms with Crippen molar-refractivity contribution in [1.29, 1.82) is 0 Å². The van der Waals surface area contributed by atoms with E-state index in [0.29, 0.717) is 5.92 Å². The third-order valence-corrected chi connectivity index (χ3v) is 4.24. The van der Waals surface area contributed by atoms with Crippen LogP contribution in [0.15, 0.2) is 36.7 Å². The van der Waals surface area contributed by atoms with Crippen molar-refractivity contribution in [2.45, 2.75) is 25.9 Å². The highest BCUT2D eigenvalue weighted by Crippen LogP contribution is 2.38. The maximum Gasteiger partial charge on any atom is 0.318 e. The van der Waals surface area contributed by atoms with Gasteiger partial charge in [-0.3, -0.25) is 0 Å². The quantitative estimate of drug-likeness (QED) is 0.945. The molecule has 0 radical (unpaired) electrons. The van der Waals surface area contributed by atoms with Gasteiger partial charge in [0.2, 0.25) is 0 Å². The van der Waals surface area contributed by atoms with Crippen molar-refractivity contribution >= 4 is 6.03 Å². The number of amides is 2. The summed E-state index contributed by atoms with van der Waals surface area (Å²) in [5.41, 5.74) is 1.18. The molecule has 0 saturated carbocycles. The van der Waals surface area contributed by atoms with E-state index in [1.807, 2.05) is 41.6 Å². The van der Waals surface area contributed by atoms with Gasteiger partial charge in [-0.1, -0.05) is 37.3 Å². The van der Waals surface area contributed by atoms with E-state index in [4.69, 9.17) is 0 Å². The molecule has 2 amide bonds. The minimum absolute atomic E-state index is 0.0533. The molecule has 2 heterocycles. The fourth-order valence-electron chi connectivity index (χ4n) is 3.08. The number of benzene rings is 1. The smallest absolute Gasteiger partial charge is 0.318 e. The second kappa shape index (κ2) is 5.79. The predicted octanol–water partition coefficient (Wildman–Crippen LogP) is 2.28. The monoisotopic (exact) mass is 299 g/mol. The Kier molecular flexibility index (Phi) is 3.83. The molecule has 116 valence electrons. The number of nitrogens with one attached hydrogen (secondary N) is 1. The van der Waals surface area contributed by atoms with Crippen molar-refractivity contribution < 1.29 is 4.79 Å². The van der Waals surface area contributed by atoms with Crippen molar-refractivity contribution in [1.82, 2.24) is 25.0 Å². The van der Waals surface area contributed by atoms with E-state index in [-0.39, 0.29) is 18.1 Å². The first kappa shape index (κ1) is 14.6. The Bertz CT molecular complexity index is 654. The van der Waals surface area contributed by atoms with Gasteiger partial charge in [0.1, 0.15) is 6.33 Å². The molecule has 3 atom stereocenters. The van der Waals surface area contributed by atoms with Crippen molar-refractivity contribution in [2.24, 2.45) is 13.0 Å². The molecule has 1 aromatic heterocycles. The maximum absolute atomic E-state index is 12.5. The van der Waals surface area contributed by atoms with E-state index in [1.165, 1.54) is 5.56 Å². The number of nitrogens with zero attached hydrogens (tertiary/aromatic N) is 4. The standard InChI is InChI=1S/C16H21N5O/c1-11-9-21(14(11)13-7-5-4-6-8-13)16(22)18-12(2)15-19-17-10-20(15)3/h4-8,10-12,14H,9H2,1-3H3,(H,18,22)/t11-,12-,14-/m0/s1. The van der Waals surface area contributed by atoms with E-state index in [0.717, 1.165) is 12.4 Å². The summed E-state index contributed by atoms with van der Waals surface area (Å²) in [6.07, 6.45) is 1.64. The Hall–Kier alpha value is -2.37. The van der Waals surface area contributed by atoms with Gasteiger partial charge in [0.25, 0.3) is 0 Å². The van der Waals surface area contributed by atoms with Crippen LogP contribution in [-0.4, -0.2) is 32.2 Å². The molecular formula is C16H21N5O. The molecular weight excluding hydrogens is 278 g/mol. The predicted molar refractivity (Wildman–Crippen MR) is 83.0 cm³/mol. The normalized spacial score (nSPS) is 22.0. The molecule has 22 heavy (non-hydrogen) atoms. The lowest BCUT2D eigenvalue weighted by Gasteiger charge is -2.47. The number of carbonyl (C=O) groups is 1. The van der Waals surface area contributed by atoms with Crippen LogP contribution in [0.2, 0.25) is 0 Å². The first-order chi connectivity index (χ1) is 10.6. The lowest BCUT2D eigenvalue weighted by Crippen LogP contribution is -2.55. The SMILES string of the molecule is C[C@H](NC(=O)N1C[C@H](C)[C@H]1c1ccccc1)c1nncn1C. The summed E-state index contributed by atoms with van der Waals surface area (Å²) in [6.45, 7) is 4.87. The number of carbonyl (C=O) groups excluding carboxylic acids is 1.